The fraction of sp³-hybridized carbons (Fsp3) is 0.538. The van der Waals surface area contributed by atoms with Gasteiger partial charge in [-0.15, -0.1) is 0 Å². The van der Waals surface area contributed by atoms with E-state index in [1.807, 2.05) is 12.1 Å². The number of nitrogens with zero attached hydrogens (tertiary/aromatic N) is 1. The molecule has 1 aromatic rings. The van der Waals surface area contributed by atoms with Crippen LogP contribution >= 0.6 is 0 Å². The lowest BCUT2D eigenvalue weighted by Crippen LogP contribution is -2.44. The number of hydroxylamine groups is 2. The van der Waals surface area contributed by atoms with Crippen LogP contribution in [0.15, 0.2) is 24.3 Å². The summed E-state index contributed by atoms with van der Waals surface area (Å²) in [5, 5.41) is 11.8. The first-order chi connectivity index (χ1) is 6.94. The Morgan fingerprint density at radius 1 is 1.13 bits per heavy atom. The van der Waals surface area contributed by atoms with Crippen LogP contribution in [0.3, 0.4) is 0 Å². The molecule has 0 aromatic heterocycles. The van der Waals surface area contributed by atoms with E-state index in [-0.39, 0.29) is 11.1 Å². The number of hydrogen-bond acceptors (Lipinski definition) is 2. The van der Waals surface area contributed by atoms with Crippen molar-refractivity contribution in [1.29, 1.82) is 0 Å². The van der Waals surface area contributed by atoms with Gasteiger partial charge in [-0.25, -0.2) is 0 Å². The summed E-state index contributed by atoms with van der Waals surface area (Å²) in [5.74, 6) is 0. The summed E-state index contributed by atoms with van der Waals surface area (Å²) in [6.07, 6.45) is 0.907. The van der Waals surface area contributed by atoms with Gasteiger partial charge in [-0.2, -0.15) is 5.06 Å². The maximum absolute atomic E-state index is 10.3. The number of hydrogen-bond donors (Lipinski definition) is 1. The largest absolute Gasteiger partial charge is 0.312 e. The van der Waals surface area contributed by atoms with Crippen LogP contribution < -0.4 is 0 Å². The van der Waals surface area contributed by atoms with Crippen LogP contribution in [0.5, 0.6) is 0 Å². The Labute approximate surface area is 91.5 Å². The van der Waals surface area contributed by atoms with Gasteiger partial charge in [0, 0.05) is 0 Å². The molecule has 15 heavy (non-hydrogen) atoms. The van der Waals surface area contributed by atoms with Gasteiger partial charge in [0.05, 0.1) is 11.1 Å². The average molecular weight is 205 g/mol. The van der Waals surface area contributed by atoms with Crippen LogP contribution in [0.25, 0.3) is 0 Å². The molecule has 1 N–H and O–H groups in total. The van der Waals surface area contributed by atoms with Crippen LogP contribution in [0.4, 0.5) is 0 Å². The number of benzene rings is 1. The average Bonchev–Trinajstić information content (AvgIpc) is 2.40. The predicted molar refractivity (Wildman–Crippen MR) is 60.7 cm³/mol. The second-order valence-corrected chi connectivity index (χ2v) is 5.04. The van der Waals surface area contributed by atoms with E-state index in [1.165, 1.54) is 16.2 Å². The minimum atomic E-state index is -0.290. The van der Waals surface area contributed by atoms with Crippen LogP contribution in [-0.2, 0) is 11.1 Å². The molecule has 2 nitrogen and oxygen atoms in total. The Morgan fingerprint density at radius 2 is 1.67 bits per heavy atom. The van der Waals surface area contributed by atoms with Crippen LogP contribution in [0.1, 0.15) is 45.2 Å². The minimum Gasteiger partial charge on any atom is -0.312 e. The molecule has 1 heterocycles. The third kappa shape index (κ3) is 1.18. The first kappa shape index (κ1) is 10.7. The smallest absolute Gasteiger partial charge is 0.0691 e. The van der Waals surface area contributed by atoms with E-state index < -0.39 is 0 Å². The van der Waals surface area contributed by atoms with E-state index >= 15 is 0 Å². The van der Waals surface area contributed by atoms with Crippen molar-refractivity contribution in [3.63, 3.8) is 0 Å². The molecule has 1 unspecified atom stereocenters. The molecule has 1 atom stereocenters. The molecule has 2 rings (SSSR count). The highest BCUT2D eigenvalue weighted by molar-refractivity contribution is 5.42. The summed E-state index contributed by atoms with van der Waals surface area (Å²) in [4.78, 5) is 0. The minimum absolute atomic E-state index is 0.250. The fourth-order valence-electron chi connectivity index (χ4n) is 2.67. The molecule has 0 saturated carbocycles. The molecule has 0 fully saturated rings. The standard InChI is InChI=1S/C13H19NO/c1-5-13(4)11-9-7-6-8-10(11)12(2,3)14(13)15/h6-9,15H,5H2,1-4H3. The maximum atomic E-state index is 10.3. The van der Waals surface area contributed by atoms with E-state index in [0.29, 0.717) is 0 Å². The van der Waals surface area contributed by atoms with Crippen molar-refractivity contribution in [3.05, 3.63) is 35.4 Å². The molecular formula is C13H19NO. The van der Waals surface area contributed by atoms with Gasteiger partial charge in [0.1, 0.15) is 0 Å². The topological polar surface area (TPSA) is 23.5 Å². The van der Waals surface area contributed by atoms with Gasteiger partial charge in [0.15, 0.2) is 0 Å². The first-order valence-electron chi connectivity index (χ1n) is 5.54. The lowest BCUT2D eigenvalue weighted by atomic mass is 9.88. The van der Waals surface area contributed by atoms with Crippen LogP contribution in [0, 0.1) is 0 Å². The van der Waals surface area contributed by atoms with Crippen molar-refractivity contribution < 1.29 is 5.21 Å². The van der Waals surface area contributed by atoms with Gasteiger partial charge in [0.25, 0.3) is 0 Å². The van der Waals surface area contributed by atoms with Gasteiger partial charge < -0.3 is 5.21 Å². The van der Waals surface area contributed by atoms with E-state index in [2.05, 4.69) is 39.8 Å². The number of rotatable bonds is 1. The van der Waals surface area contributed by atoms with Gasteiger partial charge in [-0.3, -0.25) is 0 Å². The Morgan fingerprint density at radius 3 is 2.20 bits per heavy atom. The molecule has 0 amide bonds. The van der Waals surface area contributed by atoms with Crippen molar-refractivity contribution in [1.82, 2.24) is 5.06 Å². The van der Waals surface area contributed by atoms with E-state index in [9.17, 15) is 5.21 Å². The van der Waals surface area contributed by atoms with Crippen molar-refractivity contribution in [3.8, 4) is 0 Å². The van der Waals surface area contributed by atoms with Gasteiger partial charge in [-0.05, 0) is 38.3 Å². The van der Waals surface area contributed by atoms with E-state index in [4.69, 9.17) is 0 Å². The van der Waals surface area contributed by atoms with E-state index in [1.54, 1.807) is 0 Å². The maximum Gasteiger partial charge on any atom is 0.0691 e. The molecule has 0 aliphatic carbocycles. The Hall–Kier alpha value is -0.860. The van der Waals surface area contributed by atoms with Gasteiger partial charge in [-0.1, -0.05) is 31.2 Å². The lowest BCUT2D eigenvalue weighted by Gasteiger charge is -2.36. The second-order valence-electron chi connectivity index (χ2n) is 5.04. The van der Waals surface area contributed by atoms with Gasteiger partial charge in [0.2, 0.25) is 0 Å². The molecule has 1 aromatic carbocycles. The quantitative estimate of drug-likeness (QED) is 0.760. The van der Waals surface area contributed by atoms with Crippen LogP contribution in [0.2, 0.25) is 0 Å². The highest BCUT2D eigenvalue weighted by atomic mass is 16.5. The van der Waals surface area contributed by atoms with Crippen LogP contribution in [-0.4, -0.2) is 10.3 Å². The third-order valence-electron chi connectivity index (χ3n) is 3.85. The van der Waals surface area contributed by atoms with Gasteiger partial charge >= 0.3 is 0 Å². The van der Waals surface area contributed by atoms with Crippen molar-refractivity contribution in [2.24, 2.45) is 0 Å². The molecule has 0 spiro atoms. The molecule has 1 aliphatic rings. The zero-order chi connectivity index (χ0) is 11.3. The predicted octanol–water partition coefficient (Wildman–Crippen LogP) is 3.25. The summed E-state index contributed by atoms with van der Waals surface area (Å²) < 4.78 is 0. The monoisotopic (exact) mass is 205 g/mol. The van der Waals surface area contributed by atoms with Crippen molar-refractivity contribution in [2.75, 3.05) is 0 Å². The Balaban J connectivity index is 2.68. The normalized spacial score (nSPS) is 29.1. The molecule has 1 aliphatic heterocycles. The SMILES string of the molecule is CCC1(C)c2ccccc2C(C)(C)N1O. The molecule has 82 valence electrons. The fourth-order valence-corrected chi connectivity index (χ4v) is 2.67. The molecule has 0 radical (unpaired) electrons. The summed E-state index contributed by atoms with van der Waals surface area (Å²) >= 11 is 0. The highest BCUT2D eigenvalue weighted by Crippen LogP contribution is 2.49. The zero-order valence-electron chi connectivity index (χ0n) is 9.91. The zero-order valence-corrected chi connectivity index (χ0v) is 9.91. The third-order valence-corrected chi connectivity index (χ3v) is 3.85. The first-order valence-corrected chi connectivity index (χ1v) is 5.54. The van der Waals surface area contributed by atoms with E-state index in [0.717, 1.165) is 6.42 Å². The second kappa shape index (κ2) is 3.06. The summed E-state index contributed by atoms with van der Waals surface area (Å²) in [6, 6.07) is 8.31. The Kier molecular flexibility index (Phi) is 2.18. The Bertz CT molecular complexity index is 386. The summed E-state index contributed by atoms with van der Waals surface area (Å²) in [5.41, 5.74) is 1.94. The summed E-state index contributed by atoms with van der Waals surface area (Å²) in [7, 11) is 0. The van der Waals surface area contributed by atoms with Crippen molar-refractivity contribution >= 4 is 0 Å². The molecular weight excluding hydrogens is 186 g/mol. The molecule has 0 saturated heterocycles. The molecule has 2 heteroatoms. The lowest BCUT2D eigenvalue weighted by molar-refractivity contribution is -0.222. The molecule has 0 bridgehead atoms. The summed E-state index contributed by atoms with van der Waals surface area (Å²) in [6.45, 7) is 8.33. The van der Waals surface area contributed by atoms with Crippen molar-refractivity contribution in [2.45, 2.75) is 45.2 Å². The number of fused-ring (bicyclic) bond motifs is 1. The highest BCUT2D eigenvalue weighted by Gasteiger charge is 2.50.